The van der Waals surface area contributed by atoms with Crippen LogP contribution in [0.25, 0.3) is 0 Å². The SMILES string of the molecule is C=C.CC1CCC1.CCCC. The highest BCUT2D eigenvalue weighted by atomic mass is 14.1. The van der Waals surface area contributed by atoms with E-state index in [2.05, 4.69) is 33.9 Å². The topological polar surface area (TPSA) is 0 Å². The lowest BCUT2D eigenvalue weighted by Crippen LogP contribution is -2.04. The quantitative estimate of drug-likeness (QED) is 0.493. The van der Waals surface area contributed by atoms with Crippen LogP contribution < -0.4 is 0 Å². The van der Waals surface area contributed by atoms with Crippen LogP contribution in [0.4, 0.5) is 0 Å². The van der Waals surface area contributed by atoms with Gasteiger partial charge in [0.15, 0.2) is 0 Å². The first kappa shape index (κ1) is 13.3. The van der Waals surface area contributed by atoms with Crippen LogP contribution in [0.15, 0.2) is 13.2 Å². The molecule has 1 rings (SSSR count). The Bertz CT molecular complexity index is 51.1. The Morgan fingerprint density at radius 1 is 1.09 bits per heavy atom. The van der Waals surface area contributed by atoms with Gasteiger partial charge in [-0.05, 0) is 5.92 Å². The minimum absolute atomic E-state index is 1.06. The summed E-state index contributed by atoms with van der Waals surface area (Å²) in [5, 5.41) is 0. The second kappa shape index (κ2) is 12.4. The summed E-state index contributed by atoms with van der Waals surface area (Å²) in [6, 6.07) is 0. The third kappa shape index (κ3) is 12.8. The van der Waals surface area contributed by atoms with E-state index >= 15 is 0 Å². The molecule has 0 radical (unpaired) electrons. The van der Waals surface area contributed by atoms with Crippen molar-refractivity contribution >= 4 is 0 Å². The molecule has 0 nitrogen and oxygen atoms in total. The fraction of sp³-hybridized carbons (Fsp3) is 0.818. The van der Waals surface area contributed by atoms with E-state index < -0.39 is 0 Å². The molecule has 1 fully saturated rings. The van der Waals surface area contributed by atoms with Crippen molar-refractivity contribution in [2.75, 3.05) is 0 Å². The summed E-state index contributed by atoms with van der Waals surface area (Å²) in [6.07, 6.45) is 7.10. The van der Waals surface area contributed by atoms with Gasteiger partial charge in [-0.3, -0.25) is 0 Å². The third-order valence-electron chi connectivity index (χ3n) is 1.89. The fourth-order valence-electron chi connectivity index (χ4n) is 0.612. The maximum absolute atomic E-state index is 3.00. The van der Waals surface area contributed by atoms with Gasteiger partial charge in [0.2, 0.25) is 0 Å². The van der Waals surface area contributed by atoms with Crippen molar-refractivity contribution in [1.29, 1.82) is 0 Å². The second-order valence-corrected chi connectivity index (χ2v) is 3.04. The highest BCUT2D eigenvalue weighted by molar-refractivity contribution is 4.62. The summed E-state index contributed by atoms with van der Waals surface area (Å²) < 4.78 is 0. The average Bonchev–Trinajstić information content (AvgIpc) is 2.05. The first-order valence-electron chi connectivity index (χ1n) is 4.81. The fourth-order valence-corrected chi connectivity index (χ4v) is 0.612. The van der Waals surface area contributed by atoms with Crippen molar-refractivity contribution in [3.05, 3.63) is 13.2 Å². The molecule has 0 aromatic carbocycles. The lowest BCUT2D eigenvalue weighted by atomic mass is 9.88. The Labute approximate surface area is 72.7 Å². The van der Waals surface area contributed by atoms with Crippen molar-refractivity contribution in [1.82, 2.24) is 0 Å². The van der Waals surface area contributed by atoms with E-state index in [1.807, 2.05) is 0 Å². The van der Waals surface area contributed by atoms with Gasteiger partial charge in [0, 0.05) is 0 Å². The minimum Gasteiger partial charge on any atom is -0.106 e. The Balaban J connectivity index is 0. The molecule has 1 saturated carbocycles. The number of hydrogen-bond acceptors (Lipinski definition) is 0. The zero-order chi connectivity index (χ0) is 9.11. The van der Waals surface area contributed by atoms with E-state index in [0.717, 1.165) is 5.92 Å². The lowest BCUT2D eigenvalue weighted by Gasteiger charge is -2.18. The Morgan fingerprint density at radius 3 is 1.36 bits per heavy atom. The van der Waals surface area contributed by atoms with Crippen LogP contribution >= 0.6 is 0 Å². The highest BCUT2D eigenvalue weighted by Crippen LogP contribution is 2.24. The molecule has 0 spiro atoms. The molecular formula is C11H24. The van der Waals surface area contributed by atoms with Crippen molar-refractivity contribution in [2.45, 2.75) is 52.9 Å². The van der Waals surface area contributed by atoms with Crippen LogP contribution in [0.1, 0.15) is 52.9 Å². The molecule has 0 unspecified atom stereocenters. The van der Waals surface area contributed by atoms with Crippen LogP contribution in [0.2, 0.25) is 0 Å². The summed E-state index contributed by atoms with van der Waals surface area (Å²) in [7, 11) is 0. The molecular weight excluding hydrogens is 132 g/mol. The van der Waals surface area contributed by atoms with Gasteiger partial charge in [0.1, 0.15) is 0 Å². The molecule has 0 saturated heterocycles. The molecule has 0 atom stereocenters. The van der Waals surface area contributed by atoms with E-state index in [-0.39, 0.29) is 0 Å². The summed E-state index contributed by atoms with van der Waals surface area (Å²) in [5.74, 6) is 1.06. The van der Waals surface area contributed by atoms with Gasteiger partial charge in [-0.15, -0.1) is 13.2 Å². The monoisotopic (exact) mass is 156 g/mol. The molecule has 0 aromatic heterocycles. The first-order chi connectivity index (χ1) is 5.31. The van der Waals surface area contributed by atoms with Crippen molar-refractivity contribution in [3.8, 4) is 0 Å². The summed E-state index contributed by atoms with van der Waals surface area (Å²) in [4.78, 5) is 0. The van der Waals surface area contributed by atoms with Gasteiger partial charge in [-0.2, -0.15) is 0 Å². The van der Waals surface area contributed by atoms with Gasteiger partial charge in [0.25, 0.3) is 0 Å². The smallest absolute Gasteiger partial charge is 0.0443 e. The first-order valence-corrected chi connectivity index (χ1v) is 4.81. The molecule has 11 heavy (non-hydrogen) atoms. The second-order valence-electron chi connectivity index (χ2n) is 3.04. The van der Waals surface area contributed by atoms with Crippen LogP contribution in [-0.4, -0.2) is 0 Å². The molecule has 1 aliphatic carbocycles. The molecule has 0 N–H and O–H groups in total. The average molecular weight is 156 g/mol. The van der Waals surface area contributed by atoms with E-state index in [1.54, 1.807) is 0 Å². The highest BCUT2D eigenvalue weighted by Gasteiger charge is 2.09. The molecule has 0 aromatic rings. The molecule has 68 valence electrons. The predicted molar refractivity (Wildman–Crippen MR) is 54.9 cm³/mol. The Morgan fingerprint density at radius 2 is 1.36 bits per heavy atom. The van der Waals surface area contributed by atoms with Gasteiger partial charge in [-0.1, -0.05) is 52.9 Å². The maximum atomic E-state index is 3.00. The third-order valence-corrected chi connectivity index (χ3v) is 1.89. The van der Waals surface area contributed by atoms with Gasteiger partial charge < -0.3 is 0 Å². The molecule has 0 bridgehead atoms. The molecule has 0 heterocycles. The number of hydrogen-bond donors (Lipinski definition) is 0. The van der Waals surface area contributed by atoms with E-state index in [1.165, 1.54) is 32.1 Å². The van der Waals surface area contributed by atoms with E-state index in [4.69, 9.17) is 0 Å². The van der Waals surface area contributed by atoms with E-state index in [0.29, 0.717) is 0 Å². The van der Waals surface area contributed by atoms with Crippen LogP contribution in [0.3, 0.4) is 0 Å². The minimum atomic E-state index is 1.06. The molecule has 0 amide bonds. The standard InChI is InChI=1S/C5H10.C4H10.C2H4/c1-5-3-2-4-5;1-3-4-2;1-2/h5H,2-4H2,1H3;3-4H2,1-2H3;1-2H2. The zero-order valence-electron chi connectivity index (χ0n) is 8.53. The Hall–Kier alpha value is -0.260. The van der Waals surface area contributed by atoms with E-state index in [9.17, 15) is 0 Å². The van der Waals surface area contributed by atoms with Gasteiger partial charge in [0.05, 0.1) is 0 Å². The maximum Gasteiger partial charge on any atom is -0.0443 e. The largest absolute Gasteiger partial charge is 0.106 e. The van der Waals surface area contributed by atoms with Crippen molar-refractivity contribution < 1.29 is 0 Å². The van der Waals surface area contributed by atoms with Crippen LogP contribution in [-0.2, 0) is 0 Å². The Kier molecular flexibility index (Phi) is 15.1. The van der Waals surface area contributed by atoms with Crippen molar-refractivity contribution in [2.24, 2.45) is 5.92 Å². The zero-order valence-corrected chi connectivity index (χ0v) is 8.53. The predicted octanol–water partition coefficient (Wildman–Crippen LogP) is 4.42. The summed E-state index contributed by atoms with van der Waals surface area (Å²) in [5.41, 5.74) is 0. The van der Waals surface area contributed by atoms with Crippen LogP contribution in [0.5, 0.6) is 0 Å². The summed E-state index contributed by atoms with van der Waals surface area (Å²) >= 11 is 0. The summed E-state index contributed by atoms with van der Waals surface area (Å²) in [6.45, 7) is 12.7. The van der Waals surface area contributed by atoms with Gasteiger partial charge in [-0.25, -0.2) is 0 Å². The number of rotatable bonds is 1. The number of unbranched alkanes of at least 4 members (excludes halogenated alkanes) is 1. The molecule has 0 heteroatoms. The van der Waals surface area contributed by atoms with Crippen molar-refractivity contribution in [3.63, 3.8) is 0 Å². The van der Waals surface area contributed by atoms with Gasteiger partial charge >= 0.3 is 0 Å². The molecule has 1 aliphatic rings. The molecule has 0 aliphatic heterocycles. The normalized spacial score (nSPS) is 14.8. The van der Waals surface area contributed by atoms with Crippen LogP contribution in [0, 0.1) is 5.92 Å². The lowest BCUT2D eigenvalue weighted by molar-refractivity contribution is 0.346.